The Hall–Kier alpha value is -0.540. The van der Waals surface area contributed by atoms with Crippen LogP contribution < -0.4 is 10.2 Å². The van der Waals surface area contributed by atoms with Crippen LogP contribution in [0.15, 0.2) is 22.7 Å². The molecule has 110 valence electrons. The number of anilines is 1. The van der Waals surface area contributed by atoms with E-state index in [1.165, 1.54) is 54.5 Å². The van der Waals surface area contributed by atoms with E-state index in [2.05, 4.69) is 51.3 Å². The van der Waals surface area contributed by atoms with Crippen LogP contribution in [0.1, 0.15) is 38.2 Å². The van der Waals surface area contributed by atoms with Gasteiger partial charge in [0.15, 0.2) is 0 Å². The average Bonchev–Trinajstić information content (AvgIpc) is 3.00. The number of nitrogens with zero attached hydrogens (tertiary/aromatic N) is 1. The minimum Gasteiger partial charge on any atom is -0.370 e. The molecule has 1 heterocycles. The molecule has 1 aliphatic heterocycles. The maximum Gasteiger partial charge on any atom is 0.0511 e. The van der Waals surface area contributed by atoms with Gasteiger partial charge in [-0.05, 0) is 71.3 Å². The Bertz CT molecular complexity index is 448. The molecule has 0 radical (unpaired) electrons. The van der Waals surface area contributed by atoms with Crippen LogP contribution in [-0.4, -0.2) is 19.6 Å². The Morgan fingerprint density at radius 2 is 2.00 bits per heavy atom. The number of halogens is 1. The summed E-state index contributed by atoms with van der Waals surface area (Å²) >= 11 is 3.78. The van der Waals surface area contributed by atoms with E-state index in [0.717, 1.165) is 24.9 Å². The second-order valence-electron chi connectivity index (χ2n) is 6.32. The van der Waals surface area contributed by atoms with E-state index in [0.29, 0.717) is 0 Å². The van der Waals surface area contributed by atoms with Crippen molar-refractivity contribution in [1.82, 2.24) is 5.32 Å². The van der Waals surface area contributed by atoms with Gasteiger partial charge in [-0.25, -0.2) is 0 Å². The summed E-state index contributed by atoms with van der Waals surface area (Å²) in [4.78, 5) is 2.59. The molecule has 2 fully saturated rings. The fourth-order valence-electron chi connectivity index (χ4n) is 3.76. The molecule has 0 bridgehead atoms. The minimum atomic E-state index is 0.952. The molecule has 1 aromatic rings. The molecule has 1 aromatic carbocycles. The lowest BCUT2D eigenvalue weighted by Gasteiger charge is -2.21. The van der Waals surface area contributed by atoms with Crippen LogP contribution >= 0.6 is 15.9 Å². The third-order valence-electron chi connectivity index (χ3n) is 4.83. The molecular weight excluding hydrogens is 312 g/mol. The van der Waals surface area contributed by atoms with Crippen molar-refractivity contribution in [2.24, 2.45) is 11.8 Å². The first kappa shape index (κ1) is 14.4. The maximum absolute atomic E-state index is 3.78. The van der Waals surface area contributed by atoms with Crippen LogP contribution in [0.25, 0.3) is 0 Å². The molecule has 3 rings (SSSR count). The van der Waals surface area contributed by atoms with Crippen molar-refractivity contribution in [3.63, 3.8) is 0 Å². The normalized spacial score (nSPS) is 25.2. The molecule has 1 N–H and O–H groups in total. The topological polar surface area (TPSA) is 15.3 Å². The fourth-order valence-corrected chi connectivity index (χ4v) is 4.44. The summed E-state index contributed by atoms with van der Waals surface area (Å²) in [5, 5.41) is 3.47. The van der Waals surface area contributed by atoms with Crippen molar-refractivity contribution in [3.8, 4) is 0 Å². The van der Waals surface area contributed by atoms with Gasteiger partial charge in [-0.1, -0.05) is 19.4 Å². The highest BCUT2D eigenvalue weighted by atomic mass is 79.9. The first-order chi connectivity index (χ1) is 9.78. The number of hydrogen-bond acceptors (Lipinski definition) is 2. The van der Waals surface area contributed by atoms with Gasteiger partial charge in [-0.15, -0.1) is 0 Å². The van der Waals surface area contributed by atoms with E-state index in [-0.39, 0.29) is 0 Å². The van der Waals surface area contributed by atoms with E-state index in [9.17, 15) is 0 Å². The standard InChI is InChI=1S/C17H25BrN2/c1-2-8-19-10-13-6-7-17(16(18)9-13)20-11-14-4-3-5-15(14)12-20/h6-7,9,14-15,19H,2-5,8,10-12H2,1H3. The van der Waals surface area contributed by atoms with Crippen molar-refractivity contribution < 1.29 is 0 Å². The van der Waals surface area contributed by atoms with Crippen molar-refractivity contribution in [2.75, 3.05) is 24.5 Å². The van der Waals surface area contributed by atoms with Crippen LogP contribution in [-0.2, 0) is 6.54 Å². The third kappa shape index (κ3) is 3.04. The fraction of sp³-hybridized carbons (Fsp3) is 0.647. The van der Waals surface area contributed by atoms with Gasteiger partial charge in [0.1, 0.15) is 0 Å². The molecule has 2 nitrogen and oxygen atoms in total. The molecule has 1 saturated carbocycles. The van der Waals surface area contributed by atoms with E-state index < -0.39 is 0 Å². The molecule has 0 aromatic heterocycles. The molecular formula is C17H25BrN2. The predicted octanol–water partition coefficient (Wildman–Crippen LogP) is 4.19. The second kappa shape index (κ2) is 6.48. The SMILES string of the molecule is CCCNCc1ccc(N2CC3CCCC3C2)c(Br)c1. The molecule has 0 amide bonds. The highest BCUT2D eigenvalue weighted by Gasteiger charge is 2.36. The molecule has 2 atom stereocenters. The van der Waals surface area contributed by atoms with Gasteiger partial charge in [0.2, 0.25) is 0 Å². The van der Waals surface area contributed by atoms with Gasteiger partial charge in [0, 0.05) is 24.1 Å². The second-order valence-corrected chi connectivity index (χ2v) is 7.17. The zero-order valence-electron chi connectivity index (χ0n) is 12.4. The highest BCUT2D eigenvalue weighted by Crippen LogP contribution is 2.41. The van der Waals surface area contributed by atoms with Crippen LogP contribution in [0, 0.1) is 11.8 Å². The summed E-state index contributed by atoms with van der Waals surface area (Å²) in [6.45, 7) is 6.79. The number of nitrogens with one attached hydrogen (secondary N) is 1. The molecule has 3 heteroatoms. The number of benzene rings is 1. The van der Waals surface area contributed by atoms with E-state index in [4.69, 9.17) is 0 Å². The summed E-state index contributed by atoms with van der Waals surface area (Å²) in [5.74, 6) is 1.90. The Balaban J connectivity index is 1.65. The quantitative estimate of drug-likeness (QED) is 0.811. The Kier molecular flexibility index (Phi) is 4.67. The average molecular weight is 337 g/mol. The zero-order valence-corrected chi connectivity index (χ0v) is 14.0. The van der Waals surface area contributed by atoms with Gasteiger partial charge < -0.3 is 10.2 Å². The summed E-state index contributed by atoms with van der Waals surface area (Å²) in [6, 6.07) is 6.86. The van der Waals surface area contributed by atoms with Crippen molar-refractivity contribution in [1.29, 1.82) is 0 Å². The first-order valence-electron chi connectivity index (χ1n) is 8.02. The summed E-state index contributed by atoms with van der Waals surface area (Å²) in [6.07, 6.45) is 5.53. The Morgan fingerprint density at radius 3 is 2.65 bits per heavy atom. The van der Waals surface area contributed by atoms with Gasteiger partial charge in [-0.3, -0.25) is 0 Å². The van der Waals surface area contributed by atoms with Crippen LogP contribution in [0.2, 0.25) is 0 Å². The van der Waals surface area contributed by atoms with Crippen LogP contribution in [0.3, 0.4) is 0 Å². The largest absolute Gasteiger partial charge is 0.370 e. The number of hydrogen-bond donors (Lipinski definition) is 1. The van der Waals surface area contributed by atoms with E-state index in [1.54, 1.807) is 0 Å². The van der Waals surface area contributed by atoms with Crippen LogP contribution in [0.5, 0.6) is 0 Å². The number of fused-ring (bicyclic) bond motifs is 1. The van der Waals surface area contributed by atoms with Crippen molar-refractivity contribution >= 4 is 21.6 Å². The van der Waals surface area contributed by atoms with E-state index in [1.807, 2.05) is 0 Å². The molecule has 2 unspecified atom stereocenters. The van der Waals surface area contributed by atoms with Gasteiger partial charge in [0.25, 0.3) is 0 Å². The van der Waals surface area contributed by atoms with Gasteiger partial charge in [-0.2, -0.15) is 0 Å². The van der Waals surface area contributed by atoms with E-state index >= 15 is 0 Å². The molecule has 0 spiro atoms. The third-order valence-corrected chi connectivity index (χ3v) is 5.47. The van der Waals surface area contributed by atoms with Crippen LogP contribution in [0.4, 0.5) is 5.69 Å². The monoisotopic (exact) mass is 336 g/mol. The Morgan fingerprint density at radius 1 is 1.25 bits per heavy atom. The van der Waals surface area contributed by atoms with Crippen molar-refractivity contribution in [3.05, 3.63) is 28.2 Å². The molecule has 1 aliphatic carbocycles. The lowest BCUT2D eigenvalue weighted by atomic mass is 10.0. The van der Waals surface area contributed by atoms with Gasteiger partial charge in [0.05, 0.1) is 5.69 Å². The van der Waals surface area contributed by atoms with Crippen molar-refractivity contribution in [2.45, 2.75) is 39.2 Å². The summed E-state index contributed by atoms with van der Waals surface area (Å²) < 4.78 is 1.26. The minimum absolute atomic E-state index is 0.952. The molecule has 20 heavy (non-hydrogen) atoms. The lowest BCUT2D eigenvalue weighted by molar-refractivity contribution is 0.494. The highest BCUT2D eigenvalue weighted by molar-refractivity contribution is 9.10. The molecule has 2 aliphatic rings. The smallest absolute Gasteiger partial charge is 0.0511 e. The summed E-state index contributed by atoms with van der Waals surface area (Å²) in [7, 11) is 0. The lowest BCUT2D eigenvalue weighted by Crippen LogP contribution is -2.21. The van der Waals surface area contributed by atoms with Gasteiger partial charge >= 0.3 is 0 Å². The zero-order chi connectivity index (χ0) is 13.9. The predicted molar refractivity (Wildman–Crippen MR) is 89.2 cm³/mol. The molecule has 1 saturated heterocycles. The number of rotatable bonds is 5. The Labute approximate surface area is 131 Å². The summed E-state index contributed by atoms with van der Waals surface area (Å²) in [5.41, 5.74) is 2.76. The maximum atomic E-state index is 3.78. The first-order valence-corrected chi connectivity index (χ1v) is 8.81.